The Balaban J connectivity index is 2.29. The van der Waals surface area contributed by atoms with Crippen LogP contribution in [-0.2, 0) is 11.2 Å². The minimum Gasteiger partial charge on any atom is -0.493 e. The highest BCUT2D eigenvalue weighted by atomic mass is 16.6. The number of rotatable bonds is 7. The first-order chi connectivity index (χ1) is 10.4. The molecule has 0 heterocycles. The minimum absolute atomic E-state index is 0.362. The number of benzene rings is 1. The molecule has 0 aromatic heterocycles. The Bertz CT molecular complexity index is 480. The minimum atomic E-state index is -0.455. The Morgan fingerprint density at radius 1 is 1.09 bits per heavy atom. The Morgan fingerprint density at radius 2 is 1.77 bits per heavy atom. The Morgan fingerprint density at radius 3 is 2.36 bits per heavy atom. The van der Waals surface area contributed by atoms with Crippen LogP contribution in [0.5, 0.6) is 11.5 Å². The van der Waals surface area contributed by atoms with E-state index in [1.807, 2.05) is 39.0 Å². The van der Waals surface area contributed by atoms with Gasteiger partial charge in [0.1, 0.15) is 5.60 Å². The fraction of sp³-hybridized carbons (Fsp3) is 0.588. The van der Waals surface area contributed by atoms with Crippen LogP contribution in [0.2, 0.25) is 0 Å². The summed E-state index contributed by atoms with van der Waals surface area (Å²) in [5.74, 6) is 1.48. The van der Waals surface area contributed by atoms with Gasteiger partial charge in [0.05, 0.1) is 14.2 Å². The number of carbonyl (C=O) groups is 1. The molecular weight excluding hydrogens is 282 g/mol. The van der Waals surface area contributed by atoms with Crippen LogP contribution in [-0.4, -0.2) is 32.5 Å². The van der Waals surface area contributed by atoms with Crippen LogP contribution in [0.4, 0.5) is 4.79 Å². The molecule has 0 spiro atoms. The van der Waals surface area contributed by atoms with Crippen molar-refractivity contribution in [1.29, 1.82) is 0 Å². The molecule has 0 fully saturated rings. The van der Waals surface area contributed by atoms with Crippen LogP contribution < -0.4 is 14.8 Å². The third kappa shape index (κ3) is 6.70. The third-order valence-corrected chi connectivity index (χ3v) is 3.01. The number of unbranched alkanes of at least 4 members (excludes halogenated alkanes) is 1. The highest BCUT2D eigenvalue weighted by Gasteiger charge is 2.15. The van der Waals surface area contributed by atoms with Gasteiger partial charge in [-0.15, -0.1) is 0 Å². The second kappa shape index (κ2) is 8.51. The molecule has 0 bridgehead atoms. The smallest absolute Gasteiger partial charge is 0.407 e. The molecule has 5 heteroatoms. The lowest BCUT2D eigenvalue weighted by Crippen LogP contribution is -2.33. The number of aryl methyl sites for hydroxylation is 1. The zero-order chi connectivity index (χ0) is 16.6. The maximum atomic E-state index is 11.5. The number of carbonyl (C=O) groups excluding carboxylic acids is 1. The van der Waals surface area contributed by atoms with Crippen LogP contribution in [0.15, 0.2) is 18.2 Å². The van der Waals surface area contributed by atoms with Crippen molar-refractivity contribution in [2.24, 2.45) is 0 Å². The standard InChI is InChI=1S/C17H27NO4/c1-17(2,3)22-16(19)18-11-7-6-8-13-9-10-14(20-4)15(12-13)21-5/h9-10,12H,6-8,11H2,1-5H3,(H,18,19). The van der Waals surface area contributed by atoms with E-state index in [1.165, 1.54) is 5.56 Å². The maximum Gasteiger partial charge on any atom is 0.407 e. The van der Waals surface area contributed by atoms with E-state index in [1.54, 1.807) is 14.2 Å². The molecule has 0 aliphatic heterocycles. The van der Waals surface area contributed by atoms with Gasteiger partial charge in [0.2, 0.25) is 0 Å². The molecule has 124 valence electrons. The number of alkyl carbamates (subject to hydrolysis) is 1. The molecule has 1 aromatic carbocycles. The fourth-order valence-electron chi connectivity index (χ4n) is 1.99. The van der Waals surface area contributed by atoms with Crippen molar-refractivity contribution in [2.45, 2.75) is 45.6 Å². The van der Waals surface area contributed by atoms with E-state index in [4.69, 9.17) is 14.2 Å². The SMILES string of the molecule is COc1ccc(CCCCNC(=O)OC(C)(C)C)cc1OC. The predicted octanol–water partition coefficient (Wildman–Crippen LogP) is 3.55. The monoisotopic (exact) mass is 309 g/mol. The zero-order valence-corrected chi connectivity index (χ0v) is 14.2. The summed E-state index contributed by atoms with van der Waals surface area (Å²) in [4.78, 5) is 11.5. The van der Waals surface area contributed by atoms with E-state index < -0.39 is 5.60 Å². The summed E-state index contributed by atoms with van der Waals surface area (Å²) in [5.41, 5.74) is 0.735. The van der Waals surface area contributed by atoms with Gasteiger partial charge in [0.15, 0.2) is 11.5 Å². The molecule has 0 aliphatic rings. The molecule has 5 nitrogen and oxygen atoms in total. The average molecular weight is 309 g/mol. The van der Waals surface area contributed by atoms with Gasteiger partial charge in [-0.3, -0.25) is 0 Å². The summed E-state index contributed by atoms with van der Waals surface area (Å²) in [6, 6.07) is 5.93. The van der Waals surface area contributed by atoms with E-state index in [0.29, 0.717) is 6.54 Å². The molecule has 0 atom stereocenters. The van der Waals surface area contributed by atoms with E-state index in [2.05, 4.69) is 5.32 Å². The fourth-order valence-corrected chi connectivity index (χ4v) is 1.99. The molecule has 1 N–H and O–H groups in total. The summed E-state index contributed by atoms with van der Waals surface area (Å²) < 4.78 is 15.7. The Labute approximate surface area is 132 Å². The van der Waals surface area contributed by atoms with Crippen molar-refractivity contribution < 1.29 is 19.0 Å². The van der Waals surface area contributed by atoms with E-state index in [9.17, 15) is 4.79 Å². The summed E-state index contributed by atoms with van der Waals surface area (Å²) in [6.45, 7) is 6.17. The number of nitrogens with one attached hydrogen (secondary N) is 1. The topological polar surface area (TPSA) is 56.8 Å². The summed E-state index contributed by atoms with van der Waals surface area (Å²) in [7, 11) is 3.26. The molecule has 0 aliphatic carbocycles. The third-order valence-electron chi connectivity index (χ3n) is 3.01. The normalized spacial score (nSPS) is 11.0. The molecule has 1 amide bonds. The largest absolute Gasteiger partial charge is 0.493 e. The number of ether oxygens (including phenoxy) is 3. The van der Waals surface area contributed by atoms with E-state index in [0.717, 1.165) is 30.8 Å². The van der Waals surface area contributed by atoms with Gasteiger partial charge < -0.3 is 19.5 Å². The van der Waals surface area contributed by atoms with Crippen molar-refractivity contribution in [3.05, 3.63) is 23.8 Å². The van der Waals surface area contributed by atoms with Gasteiger partial charge in [0, 0.05) is 6.54 Å². The second-order valence-corrected chi connectivity index (χ2v) is 6.08. The van der Waals surface area contributed by atoms with Gasteiger partial charge in [0.25, 0.3) is 0 Å². The van der Waals surface area contributed by atoms with Crippen LogP contribution in [0, 0.1) is 0 Å². The van der Waals surface area contributed by atoms with Crippen molar-refractivity contribution in [3.63, 3.8) is 0 Å². The van der Waals surface area contributed by atoms with Gasteiger partial charge in [-0.2, -0.15) is 0 Å². The molecule has 0 unspecified atom stereocenters. The van der Waals surface area contributed by atoms with Gasteiger partial charge >= 0.3 is 6.09 Å². The lowest BCUT2D eigenvalue weighted by molar-refractivity contribution is 0.0527. The summed E-state index contributed by atoms with van der Waals surface area (Å²) >= 11 is 0. The number of methoxy groups -OCH3 is 2. The van der Waals surface area contributed by atoms with Gasteiger partial charge in [-0.25, -0.2) is 4.79 Å². The van der Waals surface area contributed by atoms with Crippen molar-refractivity contribution >= 4 is 6.09 Å². The van der Waals surface area contributed by atoms with Gasteiger partial charge in [-0.05, 0) is 57.7 Å². The first-order valence-corrected chi connectivity index (χ1v) is 7.53. The molecule has 0 radical (unpaired) electrons. The molecule has 0 saturated heterocycles. The first-order valence-electron chi connectivity index (χ1n) is 7.53. The van der Waals surface area contributed by atoms with Crippen molar-refractivity contribution in [1.82, 2.24) is 5.32 Å². The van der Waals surface area contributed by atoms with Gasteiger partial charge in [-0.1, -0.05) is 6.07 Å². The number of amides is 1. The molecule has 1 rings (SSSR count). The first kappa shape index (κ1) is 18.1. The van der Waals surface area contributed by atoms with E-state index >= 15 is 0 Å². The van der Waals surface area contributed by atoms with Crippen molar-refractivity contribution in [3.8, 4) is 11.5 Å². The predicted molar refractivity (Wildman–Crippen MR) is 86.7 cm³/mol. The zero-order valence-electron chi connectivity index (χ0n) is 14.2. The average Bonchev–Trinajstić information content (AvgIpc) is 2.44. The molecule has 22 heavy (non-hydrogen) atoms. The Hall–Kier alpha value is -1.91. The molecule has 1 aromatic rings. The Kier molecular flexibility index (Phi) is 7.02. The van der Waals surface area contributed by atoms with Crippen molar-refractivity contribution in [2.75, 3.05) is 20.8 Å². The highest BCUT2D eigenvalue weighted by Crippen LogP contribution is 2.28. The lowest BCUT2D eigenvalue weighted by atomic mass is 10.1. The van der Waals surface area contributed by atoms with Crippen LogP contribution in [0.3, 0.4) is 0 Å². The van der Waals surface area contributed by atoms with E-state index in [-0.39, 0.29) is 6.09 Å². The molecular formula is C17H27NO4. The maximum absolute atomic E-state index is 11.5. The summed E-state index contributed by atoms with van der Waals surface area (Å²) in [6.07, 6.45) is 2.44. The lowest BCUT2D eigenvalue weighted by Gasteiger charge is -2.19. The highest BCUT2D eigenvalue weighted by molar-refractivity contribution is 5.67. The second-order valence-electron chi connectivity index (χ2n) is 6.08. The summed E-state index contributed by atoms with van der Waals surface area (Å²) in [5, 5.41) is 2.76. The van der Waals surface area contributed by atoms with Crippen LogP contribution in [0.1, 0.15) is 39.2 Å². The number of hydrogen-bond acceptors (Lipinski definition) is 4. The molecule has 0 saturated carbocycles. The van der Waals surface area contributed by atoms with Crippen LogP contribution in [0.25, 0.3) is 0 Å². The quantitative estimate of drug-likeness (QED) is 0.783. The number of hydrogen-bond donors (Lipinski definition) is 1. The van der Waals surface area contributed by atoms with Crippen LogP contribution >= 0.6 is 0 Å².